The number of hydrogen-bond acceptors (Lipinski definition) is 5. The zero-order valence-corrected chi connectivity index (χ0v) is 17.7. The van der Waals surface area contributed by atoms with E-state index < -0.39 is 0 Å². The van der Waals surface area contributed by atoms with E-state index in [2.05, 4.69) is 43.8 Å². The molecule has 0 saturated heterocycles. The molecule has 0 saturated carbocycles. The van der Waals surface area contributed by atoms with Crippen LogP contribution in [0.5, 0.6) is 0 Å². The third-order valence-electron chi connectivity index (χ3n) is 3.50. The van der Waals surface area contributed by atoms with Crippen LogP contribution in [0.1, 0.15) is 54.9 Å². The van der Waals surface area contributed by atoms with Gasteiger partial charge in [0.15, 0.2) is 0 Å². The van der Waals surface area contributed by atoms with Gasteiger partial charge in [-0.25, -0.2) is 0 Å². The van der Waals surface area contributed by atoms with Gasteiger partial charge in [0.1, 0.15) is 0 Å². The fourth-order valence-corrected chi connectivity index (χ4v) is 3.00. The summed E-state index contributed by atoms with van der Waals surface area (Å²) in [6, 6.07) is 0.529. The summed E-state index contributed by atoms with van der Waals surface area (Å²) in [4.78, 5) is 7.11. The van der Waals surface area contributed by atoms with Gasteiger partial charge in [0.05, 0.1) is 5.70 Å². The molecule has 2 atom stereocenters. The van der Waals surface area contributed by atoms with Gasteiger partial charge in [-0.1, -0.05) is 34.6 Å². The molecule has 0 spiro atoms. The van der Waals surface area contributed by atoms with E-state index in [9.17, 15) is 0 Å². The van der Waals surface area contributed by atoms with E-state index in [1.165, 1.54) is 11.3 Å². The highest BCUT2D eigenvalue weighted by molar-refractivity contribution is 8.02. The molecule has 0 bridgehead atoms. The molecule has 0 fully saturated rings. The van der Waals surface area contributed by atoms with Crippen LogP contribution in [0.3, 0.4) is 0 Å². The third kappa shape index (κ3) is 11.7. The predicted molar refractivity (Wildman–Crippen MR) is 114 cm³/mol. The molecule has 1 aliphatic heterocycles. The van der Waals surface area contributed by atoms with Crippen molar-refractivity contribution in [2.24, 2.45) is 22.4 Å². The molecule has 2 unspecified atom stereocenters. The van der Waals surface area contributed by atoms with E-state index in [0.29, 0.717) is 12.0 Å². The van der Waals surface area contributed by atoms with Crippen molar-refractivity contribution < 1.29 is 0 Å². The molecule has 0 radical (unpaired) electrons. The summed E-state index contributed by atoms with van der Waals surface area (Å²) in [6.07, 6.45) is 4.84. The number of likely N-dealkylation sites (N-methyl/N-ethyl adjacent to an activating group) is 1. The van der Waals surface area contributed by atoms with Crippen LogP contribution in [0.15, 0.2) is 27.9 Å². The molecule has 4 N–H and O–H groups in total. The minimum absolute atomic E-state index is 0.529. The minimum Gasteiger partial charge on any atom is -0.404 e. The van der Waals surface area contributed by atoms with Gasteiger partial charge in [-0.2, -0.15) is 0 Å². The van der Waals surface area contributed by atoms with Crippen LogP contribution in [0.4, 0.5) is 0 Å². The van der Waals surface area contributed by atoms with Crippen LogP contribution in [-0.4, -0.2) is 42.5 Å². The predicted octanol–water partition coefficient (Wildman–Crippen LogP) is 4.24. The van der Waals surface area contributed by atoms with Crippen molar-refractivity contribution in [2.75, 3.05) is 25.4 Å². The Labute approximate surface area is 154 Å². The Balaban J connectivity index is 0. The van der Waals surface area contributed by atoms with Crippen molar-refractivity contribution in [3.8, 4) is 0 Å². The summed E-state index contributed by atoms with van der Waals surface area (Å²) < 4.78 is 0. The molecule has 1 rings (SSSR count). The summed E-state index contributed by atoms with van der Waals surface area (Å²) in [5, 5.41) is 1.95. The molecule has 0 amide bonds. The lowest BCUT2D eigenvalue weighted by Gasteiger charge is -2.29. The lowest BCUT2D eigenvalue weighted by molar-refractivity contribution is 0.255. The zero-order chi connectivity index (χ0) is 19.0. The molecule has 1 heterocycles. The van der Waals surface area contributed by atoms with E-state index >= 15 is 0 Å². The number of rotatable bonds is 7. The van der Waals surface area contributed by atoms with E-state index in [1.54, 1.807) is 18.0 Å². The van der Waals surface area contributed by atoms with Gasteiger partial charge in [0, 0.05) is 30.8 Å². The van der Waals surface area contributed by atoms with Crippen molar-refractivity contribution >= 4 is 18.0 Å². The molecule has 0 aromatic rings. The molecule has 0 aromatic heterocycles. The van der Waals surface area contributed by atoms with Crippen LogP contribution in [0.25, 0.3) is 0 Å². The van der Waals surface area contributed by atoms with Gasteiger partial charge in [-0.05, 0) is 50.3 Å². The highest BCUT2D eigenvalue weighted by Crippen LogP contribution is 2.22. The maximum atomic E-state index is 5.36. The van der Waals surface area contributed by atoms with Crippen LogP contribution in [0, 0.1) is 5.92 Å². The first-order chi connectivity index (χ1) is 11.5. The van der Waals surface area contributed by atoms with Gasteiger partial charge in [0.25, 0.3) is 0 Å². The van der Waals surface area contributed by atoms with E-state index in [4.69, 9.17) is 11.5 Å². The minimum atomic E-state index is 0.529. The number of allylic oxidation sites excluding steroid dienone is 1. The summed E-state index contributed by atoms with van der Waals surface area (Å²) >= 11 is 1.77. The molecule has 1 aliphatic rings. The van der Waals surface area contributed by atoms with Crippen LogP contribution < -0.4 is 11.5 Å². The lowest BCUT2D eigenvalue weighted by atomic mass is 9.99. The average Bonchev–Trinajstić information content (AvgIpc) is 2.57. The van der Waals surface area contributed by atoms with Crippen molar-refractivity contribution in [3.63, 3.8) is 0 Å². The van der Waals surface area contributed by atoms with E-state index in [-0.39, 0.29) is 0 Å². The molecule has 24 heavy (non-hydrogen) atoms. The second kappa shape index (κ2) is 17.1. The number of aliphatic imine (C=N–C) groups is 1. The van der Waals surface area contributed by atoms with Gasteiger partial charge >= 0.3 is 0 Å². The van der Waals surface area contributed by atoms with Crippen LogP contribution in [-0.2, 0) is 0 Å². The smallest absolute Gasteiger partial charge is 0.0529 e. The van der Waals surface area contributed by atoms with Gasteiger partial charge in [0.2, 0.25) is 0 Å². The molecular formula is C19H40N4S. The Kier molecular flexibility index (Phi) is 18.1. The van der Waals surface area contributed by atoms with Gasteiger partial charge in [-0.15, -0.1) is 11.8 Å². The summed E-state index contributed by atoms with van der Waals surface area (Å²) in [6.45, 7) is 17.6. The largest absolute Gasteiger partial charge is 0.404 e. The average molecular weight is 357 g/mol. The Morgan fingerprint density at radius 1 is 1.42 bits per heavy atom. The normalized spacial score (nSPS) is 18.1. The lowest BCUT2D eigenvalue weighted by Crippen LogP contribution is -2.36. The number of hydrogen-bond donors (Lipinski definition) is 2. The molecule has 5 heteroatoms. The zero-order valence-electron chi connectivity index (χ0n) is 16.9. The summed E-state index contributed by atoms with van der Waals surface area (Å²) in [5.41, 5.74) is 12.9. The van der Waals surface area contributed by atoms with Crippen LogP contribution >= 0.6 is 11.8 Å². The van der Waals surface area contributed by atoms with Crippen molar-refractivity contribution in [1.82, 2.24) is 4.90 Å². The Bertz CT molecular complexity index is 378. The second-order valence-corrected chi connectivity index (χ2v) is 6.61. The molecule has 0 aromatic carbocycles. The first-order valence-corrected chi connectivity index (χ1v) is 10.2. The van der Waals surface area contributed by atoms with Gasteiger partial charge < -0.3 is 11.5 Å². The number of nitrogens with two attached hydrogens (primary N) is 2. The first-order valence-electron chi connectivity index (χ1n) is 9.15. The second-order valence-electron chi connectivity index (χ2n) is 5.67. The van der Waals surface area contributed by atoms with E-state index in [1.807, 2.05) is 26.2 Å². The van der Waals surface area contributed by atoms with Crippen molar-refractivity contribution in [2.45, 2.75) is 60.9 Å². The first kappa shape index (κ1) is 25.5. The van der Waals surface area contributed by atoms with E-state index in [0.717, 1.165) is 31.8 Å². The number of nitrogens with zero attached hydrogens (tertiary/aromatic N) is 2. The molecular weight excluding hydrogens is 316 g/mol. The Hall–Kier alpha value is -0.780. The van der Waals surface area contributed by atoms with Crippen LogP contribution in [0.2, 0.25) is 0 Å². The fourth-order valence-electron chi connectivity index (χ4n) is 2.28. The summed E-state index contributed by atoms with van der Waals surface area (Å²) in [7, 11) is 0. The topological polar surface area (TPSA) is 67.6 Å². The number of thioether (sulfide) groups is 1. The molecule has 142 valence electrons. The Morgan fingerprint density at radius 2 is 2.00 bits per heavy atom. The quantitative estimate of drug-likeness (QED) is 0.716. The van der Waals surface area contributed by atoms with Crippen molar-refractivity contribution in [3.05, 3.63) is 22.9 Å². The SMILES string of the molecule is CC.CCN.CCN(CC1=C(C)CC(C)C=N1)C(C)CS/C=C\N. The Morgan fingerprint density at radius 3 is 2.46 bits per heavy atom. The fraction of sp³-hybridized carbons (Fsp3) is 0.737. The highest BCUT2D eigenvalue weighted by atomic mass is 32.2. The highest BCUT2D eigenvalue weighted by Gasteiger charge is 2.17. The van der Waals surface area contributed by atoms with Crippen molar-refractivity contribution in [1.29, 1.82) is 0 Å². The molecule has 4 nitrogen and oxygen atoms in total. The third-order valence-corrected chi connectivity index (χ3v) is 4.52. The summed E-state index contributed by atoms with van der Waals surface area (Å²) in [5.74, 6) is 1.65. The maximum Gasteiger partial charge on any atom is 0.0529 e. The van der Waals surface area contributed by atoms with Gasteiger partial charge in [-0.3, -0.25) is 9.89 Å². The standard InChI is InChI=1S/C15H27N3S.C2H7N.C2H6/c1-5-18(14(4)11-19-7-6-16)10-15-13(3)8-12(2)9-17-15;1-2-3;1-2/h6-7,9,12,14H,5,8,10-11,16H2,1-4H3;2-3H2,1H3;1-2H3/b7-6-;;. The maximum absolute atomic E-state index is 5.36. The molecule has 0 aliphatic carbocycles. The monoisotopic (exact) mass is 356 g/mol.